The fourth-order valence-electron chi connectivity index (χ4n) is 1.71. The Labute approximate surface area is 119 Å². The zero-order valence-corrected chi connectivity index (χ0v) is 13.4. The largest absolute Gasteiger partial charge is 0.372 e. The second kappa shape index (κ2) is 7.77. The molecule has 0 spiro atoms. The molecule has 0 amide bonds. The first-order chi connectivity index (χ1) is 8.54. The van der Waals surface area contributed by atoms with E-state index in [0.717, 1.165) is 26.2 Å². The first kappa shape index (κ1) is 15.5. The van der Waals surface area contributed by atoms with E-state index in [-0.39, 0.29) is 0 Å². The van der Waals surface area contributed by atoms with Gasteiger partial charge < -0.3 is 15.1 Å². The molecule has 0 heterocycles. The third-order valence-corrected chi connectivity index (χ3v) is 3.52. The van der Waals surface area contributed by atoms with Gasteiger partial charge in [0.1, 0.15) is 0 Å². The average molecular weight is 314 g/mol. The first-order valence-corrected chi connectivity index (χ1v) is 7.19. The van der Waals surface area contributed by atoms with Crippen LogP contribution in [-0.4, -0.2) is 45.7 Å². The summed E-state index contributed by atoms with van der Waals surface area (Å²) >= 11 is 3.66. The molecule has 0 saturated heterocycles. The highest BCUT2D eigenvalue weighted by Crippen LogP contribution is 2.26. The maximum Gasteiger partial charge on any atom is 0.0508 e. The molecule has 0 fully saturated rings. The molecule has 1 rings (SSSR count). The summed E-state index contributed by atoms with van der Waals surface area (Å²) in [6.45, 7) is 6.14. The molecule has 4 heteroatoms. The van der Waals surface area contributed by atoms with Gasteiger partial charge in [0.15, 0.2) is 0 Å². The van der Waals surface area contributed by atoms with E-state index in [4.69, 9.17) is 0 Å². The predicted octanol–water partition coefficient (Wildman–Crippen LogP) is 2.56. The SMILES string of the molecule is CCNCc1ccc(N(C)CCN(C)C)c(Br)c1. The minimum absolute atomic E-state index is 0.927. The molecule has 1 aromatic rings. The van der Waals surface area contributed by atoms with E-state index < -0.39 is 0 Å². The zero-order chi connectivity index (χ0) is 13.5. The van der Waals surface area contributed by atoms with Crippen molar-refractivity contribution in [3.63, 3.8) is 0 Å². The van der Waals surface area contributed by atoms with Crippen molar-refractivity contribution in [1.29, 1.82) is 0 Å². The molecule has 102 valence electrons. The smallest absolute Gasteiger partial charge is 0.0508 e. The van der Waals surface area contributed by atoms with Gasteiger partial charge in [-0.25, -0.2) is 0 Å². The van der Waals surface area contributed by atoms with Crippen LogP contribution in [0.1, 0.15) is 12.5 Å². The van der Waals surface area contributed by atoms with E-state index in [0.29, 0.717) is 0 Å². The summed E-state index contributed by atoms with van der Waals surface area (Å²) < 4.78 is 1.17. The van der Waals surface area contributed by atoms with Gasteiger partial charge in [0, 0.05) is 31.2 Å². The number of nitrogens with zero attached hydrogens (tertiary/aromatic N) is 2. The van der Waals surface area contributed by atoms with Gasteiger partial charge in [-0.05, 0) is 54.3 Å². The molecule has 0 saturated carbocycles. The van der Waals surface area contributed by atoms with Gasteiger partial charge >= 0.3 is 0 Å². The lowest BCUT2D eigenvalue weighted by Gasteiger charge is -2.23. The number of benzene rings is 1. The van der Waals surface area contributed by atoms with Gasteiger partial charge in [0.2, 0.25) is 0 Å². The highest BCUT2D eigenvalue weighted by Gasteiger charge is 2.06. The van der Waals surface area contributed by atoms with Crippen LogP contribution in [0, 0.1) is 0 Å². The molecule has 18 heavy (non-hydrogen) atoms. The van der Waals surface area contributed by atoms with E-state index in [1.165, 1.54) is 15.7 Å². The maximum atomic E-state index is 3.66. The van der Waals surface area contributed by atoms with Crippen LogP contribution in [0.3, 0.4) is 0 Å². The van der Waals surface area contributed by atoms with Gasteiger partial charge in [0.05, 0.1) is 5.69 Å². The molecule has 1 N–H and O–H groups in total. The predicted molar refractivity (Wildman–Crippen MR) is 83.3 cm³/mol. The second-order valence-corrected chi connectivity index (χ2v) is 5.65. The minimum Gasteiger partial charge on any atom is -0.372 e. The Hall–Kier alpha value is -0.580. The topological polar surface area (TPSA) is 18.5 Å². The van der Waals surface area contributed by atoms with Crippen molar-refractivity contribution in [2.75, 3.05) is 45.7 Å². The van der Waals surface area contributed by atoms with Crippen molar-refractivity contribution in [2.24, 2.45) is 0 Å². The standard InChI is InChI=1S/C14H24BrN3/c1-5-16-11-12-6-7-14(13(15)10-12)18(4)9-8-17(2)3/h6-7,10,16H,5,8-9,11H2,1-4H3. The Balaban J connectivity index is 2.66. The molecule has 0 aromatic heterocycles. The molecule has 0 bridgehead atoms. The highest BCUT2D eigenvalue weighted by atomic mass is 79.9. The van der Waals surface area contributed by atoms with Crippen molar-refractivity contribution in [1.82, 2.24) is 10.2 Å². The van der Waals surface area contributed by atoms with Crippen LogP contribution in [0.25, 0.3) is 0 Å². The summed E-state index contributed by atoms with van der Waals surface area (Å²) in [6.07, 6.45) is 0. The maximum absolute atomic E-state index is 3.66. The van der Waals surface area contributed by atoms with Crippen LogP contribution in [0.2, 0.25) is 0 Å². The molecule has 0 aliphatic carbocycles. The average Bonchev–Trinajstić information content (AvgIpc) is 2.33. The quantitative estimate of drug-likeness (QED) is 0.834. The van der Waals surface area contributed by atoms with Crippen molar-refractivity contribution < 1.29 is 0 Å². The number of halogens is 1. The van der Waals surface area contributed by atoms with Gasteiger partial charge in [-0.2, -0.15) is 0 Å². The van der Waals surface area contributed by atoms with E-state index >= 15 is 0 Å². The van der Waals surface area contributed by atoms with Crippen molar-refractivity contribution in [2.45, 2.75) is 13.5 Å². The Morgan fingerprint density at radius 3 is 2.44 bits per heavy atom. The Morgan fingerprint density at radius 1 is 1.17 bits per heavy atom. The highest BCUT2D eigenvalue weighted by molar-refractivity contribution is 9.10. The van der Waals surface area contributed by atoms with Crippen LogP contribution < -0.4 is 10.2 Å². The lowest BCUT2D eigenvalue weighted by atomic mass is 10.2. The third kappa shape index (κ3) is 4.96. The van der Waals surface area contributed by atoms with Crippen molar-refractivity contribution in [3.8, 4) is 0 Å². The van der Waals surface area contributed by atoms with Crippen LogP contribution >= 0.6 is 15.9 Å². The minimum atomic E-state index is 0.927. The molecule has 0 unspecified atom stereocenters. The van der Waals surface area contributed by atoms with E-state index in [1.54, 1.807) is 0 Å². The normalized spacial score (nSPS) is 11.0. The van der Waals surface area contributed by atoms with Crippen LogP contribution in [-0.2, 0) is 6.54 Å². The van der Waals surface area contributed by atoms with Gasteiger partial charge in [-0.1, -0.05) is 13.0 Å². The van der Waals surface area contributed by atoms with Crippen molar-refractivity contribution >= 4 is 21.6 Å². The fraction of sp³-hybridized carbons (Fsp3) is 0.571. The molecule has 0 aliphatic heterocycles. The number of hydrogen-bond donors (Lipinski definition) is 1. The summed E-state index contributed by atoms with van der Waals surface area (Å²) in [6, 6.07) is 6.57. The second-order valence-electron chi connectivity index (χ2n) is 4.79. The molecule has 1 aromatic carbocycles. The summed E-state index contributed by atoms with van der Waals surface area (Å²) in [4.78, 5) is 4.48. The Kier molecular flexibility index (Phi) is 6.68. The van der Waals surface area contributed by atoms with E-state index in [2.05, 4.69) is 77.3 Å². The molecular weight excluding hydrogens is 290 g/mol. The molecule has 3 nitrogen and oxygen atoms in total. The molecular formula is C14H24BrN3. The van der Waals surface area contributed by atoms with Crippen molar-refractivity contribution in [3.05, 3.63) is 28.2 Å². The van der Waals surface area contributed by atoms with E-state index in [9.17, 15) is 0 Å². The monoisotopic (exact) mass is 313 g/mol. The van der Waals surface area contributed by atoms with Gasteiger partial charge in [0.25, 0.3) is 0 Å². The summed E-state index contributed by atoms with van der Waals surface area (Å²) in [7, 11) is 6.33. The third-order valence-electron chi connectivity index (χ3n) is 2.89. The lowest BCUT2D eigenvalue weighted by Crippen LogP contribution is -2.28. The molecule has 0 atom stereocenters. The van der Waals surface area contributed by atoms with Gasteiger partial charge in [-0.15, -0.1) is 0 Å². The Bertz CT molecular complexity index is 366. The zero-order valence-electron chi connectivity index (χ0n) is 11.8. The molecule has 0 aliphatic rings. The number of anilines is 1. The van der Waals surface area contributed by atoms with Crippen LogP contribution in [0.5, 0.6) is 0 Å². The van der Waals surface area contributed by atoms with E-state index in [1.807, 2.05) is 0 Å². The fourth-order valence-corrected chi connectivity index (χ4v) is 2.44. The number of rotatable bonds is 7. The molecule has 0 radical (unpaired) electrons. The lowest BCUT2D eigenvalue weighted by molar-refractivity contribution is 0.416. The Morgan fingerprint density at radius 2 is 1.89 bits per heavy atom. The number of nitrogens with one attached hydrogen (secondary N) is 1. The summed E-state index contributed by atoms with van der Waals surface area (Å²) in [5.74, 6) is 0. The number of hydrogen-bond acceptors (Lipinski definition) is 3. The van der Waals surface area contributed by atoms with Gasteiger partial charge in [-0.3, -0.25) is 0 Å². The van der Waals surface area contributed by atoms with Crippen LogP contribution in [0.4, 0.5) is 5.69 Å². The van der Waals surface area contributed by atoms with Crippen LogP contribution in [0.15, 0.2) is 22.7 Å². The summed E-state index contributed by atoms with van der Waals surface area (Å²) in [5.41, 5.74) is 2.56. The summed E-state index contributed by atoms with van der Waals surface area (Å²) in [5, 5.41) is 3.34. The number of likely N-dealkylation sites (N-methyl/N-ethyl adjacent to an activating group) is 2. The first-order valence-electron chi connectivity index (χ1n) is 6.39.